The van der Waals surface area contributed by atoms with E-state index in [-0.39, 0.29) is 17.3 Å². The SMILES string of the molecule is C=CC(=O)Nc1cc(N)ccc1O. The molecule has 0 heterocycles. The Labute approximate surface area is 75.7 Å². The average Bonchev–Trinajstić information content (AvgIpc) is 2.11. The van der Waals surface area contributed by atoms with Crippen LogP contribution in [0.2, 0.25) is 0 Å². The van der Waals surface area contributed by atoms with Crippen LogP contribution in [0.3, 0.4) is 0 Å². The molecule has 4 heteroatoms. The zero-order valence-corrected chi connectivity index (χ0v) is 6.95. The Morgan fingerprint density at radius 2 is 2.31 bits per heavy atom. The highest BCUT2D eigenvalue weighted by Gasteiger charge is 2.02. The number of phenols is 1. The van der Waals surface area contributed by atoms with Gasteiger partial charge >= 0.3 is 0 Å². The molecule has 0 atom stereocenters. The Morgan fingerprint density at radius 3 is 2.92 bits per heavy atom. The lowest BCUT2D eigenvalue weighted by Crippen LogP contribution is -2.07. The van der Waals surface area contributed by atoms with Crippen molar-refractivity contribution in [2.24, 2.45) is 0 Å². The number of nitrogen functional groups attached to an aromatic ring is 1. The number of carbonyl (C=O) groups is 1. The molecule has 0 aliphatic rings. The Morgan fingerprint density at radius 1 is 1.62 bits per heavy atom. The summed E-state index contributed by atoms with van der Waals surface area (Å²) < 4.78 is 0. The van der Waals surface area contributed by atoms with Gasteiger partial charge in [-0.15, -0.1) is 0 Å². The fraction of sp³-hybridized carbons (Fsp3) is 0. The molecule has 0 aliphatic heterocycles. The van der Waals surface area contributed by atoms with Gasteiger partial charge in [0.15, 0.2) is 0 Å². The van der Waals surface area contributed by atoms with E-state index in [2.05, 4.69) is 11.9 Å². The maximum atomic E-state index is 10.9. The summed E-state index contributed by atoms with van der Waals surface area (Å²) in [5.41, 5.74) is 6.21. The van der Waals surface area contributed by atoms with Gasteiger partial charge in [-0.1, -0.05) is 6.58 Å². The molecule has 4 N–H and O–H groups in total. The standard InChI is InChI=1S/C9H10N2O2/c1-2-9(13)11-7-5-6(10)3-4-8(7)12/h2-5,12H,1,10H2,(H,11,13). The van der Waals surface area contributed by atoms with Crippen LogP contribution < -0.4 is 11.1 Å². The van der Waals surface area contributed by atoms with E-state index in [0.29, 0.717) is 5.69 Å². The molecular formula is C9H10N2O2. The third-order valence-corrected chi connectivity index (χ3v) is 1.46. The van der Waals surface area contributed by atoms with Crippen molar-refractivity contribution in [3.63, 3.8) is 0 Å². The van der Waals surface area contributed by atoms with E-state index in [1.54, 1.807) is 6.07 Å². The van der Waals surface area contributed by atoms with Crippen molar-refractivity contribution in [1.29, 1.82) is 0 Å². The molecule has 0 aromatic heterocycles. The van der Waals surface area contributed by atoms with Crippen LogP contribution in [0, 0.1) is 0 Å². The summed E-state index contributed by atoms with van der Waals surface area (Å²) >= 11 is 0. The molecule has 68 valence electrons. The monoisotopic (exact) mass is 178 g/mol. The largest absolute Gasteiger partial charge is 0.506 e. The van der Waals surface area contributed by atoms with Gasteiger partial charge in [0.1, 0.15) is 5.75 Å². The quantitative estimate of drug-likeness (QED) is 0.275. The molecule has 1 amide bonds. The van der Waals surface area contributed by atoms with Crippen LogP contribution in [-0.2, 0) is 4.79 Å². The Kier molecular flexibility index (Phi) is 2.54. The van der Waals surface area contributed by atoms with Crippen LogP contribution in [0.1, 0.15) is 0 Å². The lowest BCUT2D eigenvalue weighted by atomic mass is 10.2. The fourth-order valence-electron chi connectivity index (χ4n) is 0.838. The smallest absolute Gasteiger partial charge is 0.247 e. The zero-order chi connectivity index (χ0) is 9.84. The van der Waals surface area contributed by atoms with Gasteiger partial charge in [0.05, 0.1) is 5.69 Å². The van der Waals surface area contributed by atoms with Crippen molar-refractivity contribution in [3.8, 4) is 5.75 Å². The van der Waals surface area contributed by atoms with Crippen molar-refractivity contribution in [3.05, 3.63) is 30.9 Å². The molecule has 0 saturated carbocycles. The first-order valence-electron chi connectivity index (χ1n) is 3.65. The predicted octanol–water partition coefficient (Wildman–Crippen LogP) is 1.10. The van der Waals surface area contributed by atoms with Gasteiger partial charge in [0, 0.05) is 5.69 Å². The van der Waals surface area contributed by atoms with Crippen molar-refractivity contribution < 1.29 is 9.90 Å². The van der Waals surface area contributed by atoms with E-state index in [1.807, 2.05) is 0 Å². The second-order valence-electron chi connectivity index (χ2n) is 2.47. The number of rotatable bonds is 2. The van der Waals surface area contributed by atoms with Gasteiger partial charge in [-0.2, -0.15) is 0 Å². The topological polar surface area (TPSA) is 75.4 Å². The molecule has 0 radical (unpaired) electrons. The van der Waals surface area contributed by atoms with E-state index in [4.69, 9.17) is 5.73 Å². The maximum Gasteiger partial charge on any atom is 0.247 e. The van der Waals surface area contributed by atoms with Crippen LogP contribution in [0.4, 0.5) is 11.4 Å². The van der Waals surface area contributed by atoms with E-state index in [9.17, 15) is 9.90 Å². The van der Waals surface area contributed by atoms with E-state index in [0.717, 1.165) is 6.08 Å². The van der Waals surface area contributed by atoms with Crippen LogP contribution in [0.15, 0.2) is 30.9 Å². The predicted molar refractivity (Wildman–Crippen MR) is 51.3 cm³/mol. The van der Waals surface area contributed by atoms with Crippen LogP contribution in [0.5, 0.6) is 5.75 Å². The highest BCUT2D eigenvalue weighted by molar-refractivity contribution is 6.00. The number of benzene rings is 1. The molecular weight excluding hydrogens is 168 g/mol. The zero-order valence-electron chi connectivity index (χ0n) is 6.95. The lowest BCUT2D eigenvalue weighted by Gasteiger charge is -2.05. The van der Waals surface area contributed by atoms with Crippen LogP contribution in [0.25, 0.3) is 0 Å². The number of carbonyl (C=O) groups excluding carboxylic acids is 1. The van der Waals surface area contributed by atoms with E-state index in [1.165, 1.54) is 12.1 Å². The summed E-state index contributed by atoms with van der Waals surface area (Å²) in [6.07, 6.45) is 1.11. The number of amides is 1. The number of hydrogen-bond acceptors (Lipinski definition) is 3. The first-order chi connectivity index (χ1) is 6.13. The molecule has 4 nitrogen and oxygen atoms in total. The highest BCUT2D eigenvalue weighted by atomic mass is 16.3. The summed E-state index contributed by atoms with van der Waals surface area (Å²) in [7, 11) is 0. The summed E-state index contributed by atoms with van der Waals surface area (Å²) in [4.78, 5) is 10.9. The van der Waals surface area contributed by atoms with Gasteiger partial charge in [-0.3, -0.25) is 4.79 Å². The van der Waals surface area contributed by atoms with Gasteiger partial charge in [0.25, 0.3) is 0 Å². The first-order valence-corrected chi connectivity index (χ1v) is 3.65. The molecule has 0 fully saturated rings. The maximum absolute atomic E-state index is 10.9. The van der Waals surface area contributed by atoms with Crippen molar-refractivity contribution in [1.82, 2.24) is 0 Å². The molecule has 1 rings (SSSR count). The lowest BCUT2D eigenvalue weighted by molar-refractivity contribution is -0.111. The number of aromatic hydroxyl groups is 1. The Bertz CT molecular complexity index is 347. The molecule has 0 spiro atoms. The molecule has 0 unspecified atom stereocenters. The van der Waals surface area contributed by atoms with Crippen molar-refractivity contribution >= 4 is 17.3 Å². The third-order valence-electron chi connectivity index (χ3n) is 1.46. The second kappa shape index (κ2) is 3.62. The molecule has 0 saturated heterocycles. The van der Waals surface area contributed by atoms with Crippen LogP contribution in [-0.4, -0.2) is 11.0 Å². The minimum atomic E-state index is -0.388. The Hall–Kier alpha value is -1.97. The molecule has 1 aromatic carbocycles. The molecule has 0 bridgehead atoms. The second-order valence-corrected chi connectivity index (χ2v) is 2.47. The van der Waals surface area contributed by atoms with Crippen molar-refractivity contribution in [2.45, 2.75) is 0 Å². The van der Waals surface area contributed by atoms with E-state index >= 15 is 0 Å². The highest BCUT2D eigenvalue weighted by Crippen LogP contribution is 2.24. The fourth-order valence-corrected chi connectivity index (χ4v) is 0.838. The average molecular weight is 178 g/mol. The van der Waals surface area contributed by atoms with Crippen LogP contribution >= 0.6 is 0 Å². The minimum Gasteiger partial charge on any atom is -0.506 e. The van der Waals surface area contributed by atoms with Gasteiger partial charge in [-0.05, 0) is 24.3 Å². The summed E-state index contributed by atoms with van der Waals surface area (Å²) in [5, 5.41) is 11.7. The number of phenolic OH excluding ortho intramolecular Hbond substituents is 1. The summed E-state index contributed by atoms with van der Waals surface area (Å²) in [6, 6.07) is 4.42. The third kappa shape index (κ3) is 2.23. The van der Waals surface area contributed by atoms with Gasteiger partial charge in [0.2, 0.25) is 5.91 Å². The minimum absolute atomic E-state index is 0.0237. The van der Waals surface area contributed by atoms with Gasteiger partial charge < -0.3 is 16.2 Å². The van der Waals surface area contributed by atoms with Crippen molar-refractivity contribution in [2.75, 3.05) is 11.1 Å². The molecule has 13 heavy (non-hydrogen) atoms. The molecule has 0 aliphatic carbocycles. The number of nitrogens with one attached hydrogen (secondary N) is 1. The Balaban J connectivity index is 2.93. The first kappa shape index (κ1) is 9.12. The number of anilines is 2. The van der Waals surface area contributed by atoms with E-state index < -0.39 is 0 Å². The summed E-state index contributed by atoms with van der Waals surface area (Å²) in [5.74, 6) is -0.412. The molecule has 1 aromatic rings. The number of hydrogen-bond donors (Lipinski definition) is 3. The summed E-state index contributed by atoms with van der Waals surface area (Å²) in [6.45, 7) is 3.28. The normalized spacial score (nSPS) is 9.23. The van der Waals surface area contributed by atoms with Gasteiger partial charge in [-0.25, -0.2) is 0 Å². The number of nitrogens with two attached hydrogens (primary N) is 1.